The molecule has 96 valence electrons. The van der Waals surface area contributed by atoms with Crippen molar-refractivity contribution in [2.45, 2.75) is 39.7 Å². The summed E-state index contributed by atoms with van der Waals surface area (Å²) in [6, 6.07) is 5.81. The van der Waals surface area contributed by atoms with Crippen molar-refractivity contribution in [3.63, 3.8) is 0 Å². The molecule has 4 nitrogen and oxygen atoms in total. The van der Waals surface area contributed by atoms with Gasteiger partial charge in [0.05, 0.1) is 0 Å². The first-order valence-corrected chi connectivity index (χ1v) is 5.46. The SMILES string of the molecule is CC(O)C(=O)O.Cc1ccc(C(C)C)c(O)c1. The molecule has 0 aliphatic carbocycles. The van der Waals surface area contributed by atoms with Crippen molar-refractivity contribution in [1.29, 1.82) is 0 Å². The van der Waals surface area contributed by atoms with Gasteiger partial charge in [0, 0.05) is 0 Å². The van der Waals surface area contributed by atoms with Crippen LogP contribution >= 0.6 is 0 Å². The highest BCUT2D eigenvalue weighted by molar-refractivity contribution is 5.71. The number of hydrogen-bond acceptors (Lipinski definition) is 3. The number of aliphatic carboxylic acids is 1. The van der Waals surface area contributed by atoms with Crippen LogP contribution in [0.15, 0.2) is 18.2 Å². The summed E-state index contributed by atoms with van der Waals surface area (Å²) in [6.45, 7) is 7.32. The molecule has 1 rings (SSSR count). The van der Waals surface area contributed by atoms with Crippen molar-refractivity contribution < 1.29 is 20.1 Å². The number of benzene rings is 1. The number of carboxylic acids is 1. The minimum Gasteiger partial charge on any atom is -0.508 e. The van der Waals surface area contributed by atoms with E-state index in [0.29, 0.717) is 11.7 Å². The predicted molar refractivity (Wildman–Crippen MR) is 66.2 cm³/mol. The van der Waals surface area contributed by atoms with Gasteiger partial charge in [-0.3, -0.25) is 0 Å². The number of carbonyl (C=O) groups is 1. The van der Waals surface area contributed by atoms with Crippen LogP contribution < -0.4 is 0 Å². The Labute approximate surface area is 102 Å². The lowest BCUT2D eigenvalue weighted by atomic mass is 10.0. The van der Waals surface area contributed by atoms with E-state index in [1.807, 2.05) is 19.1 Å². The zero-order valence-electron chi connectivity index (χ0n) is 10.6. The van der Waals surface area contributed by atoms with Gasteiger partial charge in [0.25, 0.3) is 0 Å². The smallest absolute Gasteiger partial charge is 0.332 e. The van der Waals surface area contributed by atoms with Crippen LogP contribution in [0.25, 0.3) is 0 Å². The first-order chi connectivity index (χ1) is 7.75. The average molecular weight is 240 g/mol. The molecular formula is C13H20O4. The molecule has 0 fully saturated rings. The molecule has 0 saturated heterocycles. The summed E-state index contributed by atoms with van der Waals surface area (Å²) >= 11 is 0. The van der Waals surface area contributed by atoms with Crippen molar-refractivity contribution in [2.24, 2.45) is 0 Å². The summed E-state index contributed by atoms with van der Waals surface area (Å²) in [6.07, 6.45) is -1.23. The van der Waals surface area contributed by atoms with Crippen LogP contribution in [0.2, 0.25) is 0 Å². The van der Waals surface area contributed by atoms with Gasteiger partial charge in [0.2, 0.25) is 0 Å². The second kappa shape index (κ2) is 6.91. The summed E-state index contributed by atoms with van der Waals surface area (Å²) in [5.74, 6) is -0.370. The lowest BCUT2D eigenvalue weighted by molar-refractivity contribution is -0.145. The molecule has 1 aromatic rings. The minimum absolute atomic E-state index is 0.399. The zero-order valence-corrected chi connectivity index (χ0v) is 10.6. The summed E-state index contributed by atoms with van der Waals surface area (Å²) in [7, 11) is 0. The van der Waals surface area contributed by atoms with Gasteiger partial charge < -0.3 is 15.3 Å². The fraction of sp³-hybridized carbons (Fsp3) is 0.462. The Bertz CT molecular complexity index is 370. The van der Waals surface area contributed by atoms with Gasteiger partial charge in [0.1, 0.15) is 11.9 Å². The monoisotopic (exact) mass is 240 g/mol. The second-order valence-electron chi connectivity index (χ2n) is 4.23. The number of hydrogen-bond donors (Lipinski definition) is 3. The molecule has 3 N–H and O–H groups in total. The Morgan fingerprint density at radius 1 is 1.24 bits per heavy atom. The Morgan fingerprint density at radius 3 is 2.00 bits per heavy atom. The van der Waals surface area contributed by atoms with E-state index < -0.39 is 12.1 Å². The topological polar surface area (TPSA) is 77.8 Å². The number of rotatable bonds is 2. The average Bonchev–Trinajstić information content (AvgIpc) is 2.17. The van der Waals surface area contributed by atoms with Crippen LogP contribution in [-0.2, 0) is 4.79 Å². The Balaban J connectivity index is 0.000000366. The van der Waals surface area contributed by atoms with Crippen LogP contribution in [0.1, 0.15) is 37.8 Å². The maximum atomic E-state index is 9.46. The van der Waals surface area contributed by atoms with Gasteiger partial charge in [-0.05, 0) is 37.0 Å². The summed E-state index contributed by atoms with van der Waals surface area (Å²) in [4.78, 5) is 9.45. The van der Waals surface area contributed by atoms with E-state index in [4.69, 9.17) is 10.2 Å². The molecule has 4 heteroatoms. The normalized spacial score (nSPS) is 11.6. The molecule has 0 bridgehead atoms. The third-order valence-electron chi connectivity index (χ3n) is 2.17. The van der Waals surface area contributed by atoms with Crippen LogP contribution in [0, 0.1) is 6.92 Å². The summed E-state index contributed by atoms with van der Waals surface area (Å²) in [5.41, 5.74) is 2.13. The number of carboxylic acid groups (broad SMARTS) is 1. The van der Waals surface area contributed by atoms with Crippen LogP contribution in [0.5, 0.6) is 5.75 Å². The summed E-state index contributed by atoms with van der Waals surface area (Å²) in [5, 5.41) is 25.2. The highest BCUT2D eigenvalue weighted by atomic mass is 16.4. The maximum Gasteiger partial charge on any atom is 0.332 e. The standard InChI is InChI=1S/C10H14O.C3H6O3/c1-7(2)9-5-4-8(3)6-10(9)11;1-2(4)3(5)6/h4-7,11H,1-3H3;2,4H,1H3,(H,5,6). The van der Waals surface area contributed by atoms with E-state index in [0.717, 1.165) is 11.1 Å². The molecule has 1 atom stereocenters. The molecule has 17 heavy (non-hydrogen) atoms. The van der Waals surface area contributed by atoms with Crippen molar-refractivity contribution in [3.8, 4) is 5.75 Å². The van der Waals surface area contributed by atoms with Gasteiger partial charge in [-0.25, -0.2) is 4.79 Å². The van der Waals surface area contributed by atoms with Crippen molar-refractivity contribution >= 4 is 5.97 Å². The number of aliphatic hydroxyl groups is 1. The van der Waals surface area contributed by atoms with Crippen molar-refractivity contribution in [2.75, 3.05) is 0 Å². The third kappa shape index (κ3) is 5.92. The second-order valence-corrected chi connectivity index (χ2v) is 4.23. The lowest BCUT2D eigenvalue weighted by Gasteiger charge is -2.07. The van der Waals surface area contributed by atoms with E-state index in [1.165, 1.54) is 6.92 Å². The summed E-state index contributed by atoms with van der Waals surface area (Å²) < 4.78 is 0. The highest BCUT2D eigenvalue weighted by Gasteiger charge is 2.04. The first-order valence-electron chi connectivity index (χ1n) is 5.46. The molecule has 0 heterocycles. The predicted octanol–water partition coefficient (Wildman–Crippen LogP) is 2.28. The van der Waals surface area contributed by atoms with Gasteiger partial charge in [-0.1, -0.05) is 26.0 Å². The van der Waals surface area contributed by atoms with Crippen LogP contribution in [0.3, 0.4) is 0 Å². The number of phenols is 1. The van der Waals surface area contributed by atoms with E-state index >= 15 is 0 Å². The van der Waals surface area contributed by atoms with E-state index in [2.05, 4.69) is 13.8 Å². The van der Waals surface area contributed by atoms with Crippen LogP contribution in [-0.4, -0.2) is 27.4 Å². The van der Waals surface area contributed by atoms with Crippen molar-refractivity contribution in [3.05, 3.63) is 29.3 Å². The van der Waals surface area contributed by atoms with E-state index in [1.54, 1.807) is 6.07 Å². The third-order valence-corrected chi connectivity index (χ3v) is 2.17. The lowest BCUT2D eigenvalue weighted by Crippen LogP contribution is -2.13. The van der Waals surface area contributed by atoms with Gasteiger partial charge in [0.15, 0.2) is 0 Å². The molecule has 1 unspecified atom stereocenters. The Hall–Kier alpha value is -1.55. The molecule has 0 saturated carbocycles. The zero-order chi connectivity index (χ0) is 13.6. The molecule has 1 aromatic carbocycles. The number of phenolic OH excluding ortho intramolecular Hbond substituents is 1. The van der Waals surface area contributed by atoms with E-state index in [9.17, 15) is 9.90 Å². The molecule has 0 aliphatic rings. The molecule has 0 aliphatic heterocycles. The molecule has 0 spiro atoms. The Kier molecular flexibility index (Phi) is 6.28. The maximum absolute atomic E-state index is 9.46. The van der Waals surface area contributed by atoms with E-state index in [-0.39, 0.29) is 0 Å². The molecular weight excluding hydrogens is 220 g/mol. The highest BCUT2D eigenvalue weighted by Crippen LogP contribution is 2.25. The molecule has 0 aromatic heterocycles. The quantitative estimate of drug-likeness (QED) is 0.741. The number of aromatic hydroxyl groups is 1. The minimum atomic E-state index is -1.23. The fourth-order valence-electron chi connectivity index (χ4n) is 1.14. The molecule has 0 amide bonds. The van der Waals surface area contributed by atoms with Gasteiger partial charge in [-0.15, -0.1) is 0 Å². The number of aryl methyl sites for hydroxylation is 1. The first kappa shape index (κ1) is 15.4. The van der Waals surface area contributed by atoms with Gasteiger partial charge >= 0.3 is 5.97 Å². The fourth-order valence-corrected chi connectivity index (χ4v) is 1.14. The van der Waals surface area contributed by atoms with Crippen LogP contribution in [0.4, 0.5) is 0 Å². The molecule has 0 radical (unpaired) electrons. The van der Waals surface area contributed by atoms with Gasteiger partial charge in [-0.2, -0.15) is 0 Å². The number of aliphatic hydroxyl groups excluding tert-OH is 1. The van der Waals surface area contributed by atoms with Crippen molar-refractivity contribution in [1.82, 2.24) is 0 Å². The Morgan fingerprint density at radius 2 is 1.71 bits per heavy atom. The largest absolute Gasteiger partial charge is 0.508 e.